The van der Waals surface area contributed by atoms with Crippen LogP contribution in [0.25, 0.3) is 0 Å². The van der Waals surface area contributed by atoms with Crippen LogP contribution < -0.4 is 9.47 Å². The molecule has 1 aromatic rings. The van der Waals surface area contributed by atoms with Crippen LogP contribution in [0.4, 0.5) is 0 Å². The fraction of sp³-hybridized carbons (Fsp3) is 0.333. The Balaban J connectivity index is 3.41. The highest BCUT2D eigenvalue weighted by atomic mass is 79.9. The molecule has 0 saturated heterocycles. The monoisotopic (exact) mass is 316 g/mol. The van der Waals surface area contributed by atoms with Crippen LogP contribution >= 0.6 is 15.9 Å². The molecule has 1 rings (SSSR count). The summed E-state index contributed by atoms with van der Waals surface area (Å²) >= 11 is 3.27. The number of ether oxygens (including phenoxy) is 3. The summed E-state index contributed by atoms with van der Waals surface area (Å²) in [6, 6.07) is 3.15. The van der Waals surface area contributed by atoms with Gasteiger partial charge in [-0.3, -0.25) is 4.79 Å². The van der Waals surface area contributed by atoms with E-state index in [0.29, 0.717) is 16.6 Å². The van der Waals surface area contributed by atoms with E-state index in [1.807, 2.05) is 0 Å². The van der Waals surface area contributed by atoms with Crippen molar-refractivity contribution < 1.29 is 23.8 Å². The maximum Gasteiger partial charge on any atom is 0.341 e. The molecule has 1 aromatic carbocycles. The summed E-state index contributed by atoms with van der Waals surface area (Å²) in [5, 5.41) is 0.406. The van der Waals surface area contributed by atoms with E-state index in [1.165, 1.54) is 27.2 Å². The van der Waals surface area contributed by atoms with Gasteiger partial charge in [0.25, 0.3) is 0 Å². The second kappa shape index (κ2) is 6.39. The Morgan fingerprint density at radius 2 is 1.94 bits per heavy atom. The largest absolute Gasteiger partial charge is 0.497 e. The van der Waals surface area contributed by atoms with Gasteiger partial charge in [0, 0.05) is 18.3 Å². The number of hydrogen-bond donors (Lipinski definition) is 0. The molecule has 5 nitrogen and oxygen atoms in total. The van der Waals surface area contributed by atoms with Crippen molar-refractivity contribution in [3.8, 4) is 11.5 Å². The van der Waals surface area contributed by atoms with Crippen LogP contribution in [-0.4, -0.2) is 26.2 Å². The van der Waals surface area contributed by atoms with E-state index in [1.54, 1.807) is 6.07 Å². The molecule has 18 heavy (non-hydrogen) atoms. The van der Waals surface area contributed by atoms with Gasteiger partial charge in [-0.1, -0.05) is 15.9 Å². The lowest BCUT2D eigenvalue weighted by atomic mass is 10.1. The minimum Gasteiger partial charge on any atom is -0.497 e. The normalized spacial score (nSPS) is 9.78. The molecule has 0 bridgehead atoms. The van der Waals surface area contributed by atoms with Gasteiger partial charge in [-0.15, -0.1) is 0 Å². The van der Waals surface area contributed by atoms with Crippen molar-refractivity contribution in [1.82, 2.24) is 0 Å². The molecular weight excluding hydrogens is 304 g/mol. The first-order valence-corrected chi connectivity index (χ1v) is 6.19. The summed E-state index contributed by atoms with van der Waals surface area (Å²) < 4.78 is 14.8. The Bertz CT molecular complexity index is 470. The van der Waals surface area contributed by atoms with E-state index < -0.39 is 11.9 Å². The minimum absolute atomic E-state index is 0.128. The van der Waals surface area contributed by atoms with Crippen molar-refractivity contribution in [3.63, 3.8) is 0 Å². The molecule has 0 spiro atoms. The summed E-state index contributed by atoms with van der Waals surface area (Å²) in [7, 11) is 2.75. The number of benzene rings is 1. The van der Waals surface area contributed by atoms with Crippen molar-refractivity contribution in [2.45, 2.75) is 12.3 Å². The third-order valence-corrected chi connectivity index (χ3v) is 2.78. The number of rotatable bonds is 4. The van der Waals surface area contributed by atoms with Crippen LogP contribution in [0, 0.1) is 0 Å². The van der Waals surface area contributed by atoms with Gasteiger partial charge in [-0.25, -0.2) is 4.79 Å². The zero-order valence-electron chi connectivity index (χ0n) is 10.3. The first-order valence-electron chi connectivity index (χ1n) is 5.07. The molecule has 0 radical (unpaired) electrons. The lowest BCUT2D eigenvalue weighted by Crippen LogP contribution is -2.11. The van der Waals surface area contributed by atoms with Crippen molar-refractivity contribution in [2.75, 3.05) is 14.2 Å². The summed E-state index contributed by atoms with van der Waals surface area (Å²) in [5.41, 5.74) is 0.836. The van der Waals surface area contributed by atoms with Gasteiger partial charge in [-0.2, -0.15) is 0 Å². The Morgan fingerprint density at radius 3 is 2.39 bits per heavy atom. The molecule has 0 aromatic heterocycles. The third-order valence-electron chi connectivity index (χ3n) is 2.18. The van der Waals surface area contributed by atoms with Gasteiger partial charge >= 0.3 is 11.9 Å². The molecule has 0 saturated carbocycles. The van der Waals surface area contributed by atoms with E-state index in [2.05, 4.69) is 20.7 Å². The Kier molecular flexibility index (Phi) is 5.15. The maximum absolute atomic E-state index is 11.7. The summed E-state index contributed by atoms with van der Waals surface area (Å²) in [6.07, 6.45) is 0. The van der Waals surface area contributed by atoms with Gasteiger partial charge in [0.2, 0.25) is 0 Å². The Morgan fingerprint density at radius 1 is 1.28 bits per heavy atom. The van der Waals surface area contributed by atoms with Crippen LogP contribution in [0.1, 0.15) is 22.8 Å². The predicted molar refractivity (Wildman–Crippen MR) is 68.3 cm³/mol. The highest BCUT2D eigenvalue weighted by Crippen LogP contribution is 2.31. The molecule has 98 valence electrons. The molecule has 0 aliphatic carbocycles. The molecule has 0 fully saturated rings. The predicted octanol–water partition coefficient (Wildman–Crippen LogP) is 2.30. The number of halogens is 1. The fourth-order valence-electron chi connectivity index (χ4n) is 1.44. The second-order valence-electron chi connectivity index (χ2n) is 3.38. The Labute approximate surface area is 113 Å². The van der Waals surface area contributed by atoms with Crippen LogP contribution in [-0.2, 0) is 14.9 Å². The SMILES string of the molecule is COC(=O)c1c(CBr)cc(OC)cc1OC(C)=O. The number of carbonyl (C=O) groups is 2. The molecule has 0 amide bonds. The van der Waals surface area contributed by atoms with Crippen LogP contribution in [0.2, 0.25) is 0 Å². The van der Waals surface area contributed by atoms with Gasteiger partial charge in [0.1, 0.15) is 17.1 Å². The van der Waals surface area contributed by atoms with Crippen LogP contribution in [0.3, 0.4) is 0 Å². The van der Waals surface area contributed by atoms with E-state index in [4.69, 9.17) is 9.47 Å². The number of esters is 2. The first-order chi connectivity index (χ1) is 8.53. The van der Waals surface area contributed by atoms with E-state index >= 15 is 0 Å². The lowest BCUT2D eigenvalue weighted by molar-refractivity contribution is -0.131. The zero-order valence-corrected chi connectivity index (χ0v) is 11.9. The van der Waals surface area contributed by atoms with Crippen molar-refractivity contribution >= 4 is 27.9 Å². The molecule has 0 aliphatic rings. The standard InChI is InChI=1S/C12H13BrO5/c1-7(14)18-10-5-9(16-2)4-8(6-13)11(10)12(15)17-3/h4-5H,6H2,1-3H3. The van der Waals surface area contributed by atoms with Gasteiger partial charge in [0.05, 0.1) is 14.2 Å². The molecule has 0 N–H and O–H groups in total. The molecule has 6 heteroatoms. The highest BCUT2D eigenvalue weighted by molar-refractivity contribution is 9.08. The minimum atomic E-state index is -0.566. The summed E-state index contributed by atoms with van der Waals surface area (Å²) in [6.45, 7) is 1.26. The highest BCUT2D eigenvalue weighted by Gasteiger charge is 2.20. The second-order valence-corrected chi connectivity index (χ2v) is 3.94. The van der Waals surface area contributed by atoms with Crippen molar-refractivity contribution in [2.24, 2.45) is 0 Å². The van der Waals surface area contributed by atoms with Crippen molar-refractivity contribution in [1.29, 1.82) is 0 Å². The molecule has 0 unspecified atom stereocenters. The lowest BCUT2D eigenvalue weighted by Gasteiger charge is -2.13. The molecule has 0 atom stereocenters. The first kappa shape index (κ1) is 14.5. The number of hydrogen-bond acceptors (Lipinski definition) is 5. The fourth-order valence-corrected chi connectivity index (χ4v) is 1.88. The van der Waals surface area contributed by atoms with Crippen LogP contribution in [0.5, 0.6) is 11.5 Å². The number of alkyl halides is 1. The van der Waals surface area contributed by atoms with Gasteiger partial charge in [-0.05, 0) is 11.6 Å². The quantitative estimate of drug-likeness (QED) is 0.484. The summed E-state index contributed by atoms with van der Waals surface area (Å²) in [5.74, 6) is -0.464. The van der Waals surface area contributed by atoms with Gasteiger partial charge < -0.3 is 14.2 Å². The van der Waals surface area contributed by atoms with E-state index in [-0.39, 0.29) is 11.3 Å². The molecular formula is C12H13BrO5. The molecule has 0 heterocycles. The number of carbonyl (C=O) groups excluding carboxylic acids is 2. The smallest absolute Gasteiger partial charge is 0.341 e. The molecule has 0 aliphatic heterocycles. The maximum atomic E-state index is 11.7. The summed E-state index contributed by atoms with van der Waals surface area (Å²) in [4.78, 5) is 22.8. The van der Waals surface area contributed by atoms with E-state index in [9.17, 15) is 9.59 Å². The third kappa shape index (κ3) is 3.22. The average molecular weight is 317 g/mol. The topological polar surface area (TPSA) is 61.8 Å². The van der Waals surface area contributed by atoms with Gasteiger partial charge in [0.15, 0.2) is 0 Å². The van der Waals surface area contributed by atoms with Crippen molar-refractivity contribution in [3.05, 3.63) is 23.3 Å². The Hall–Kier alpha value is -1.56. The van der Waals surface area contributed by atoms with Crippen LogP contribution in [0.15, 0.2) is 12.1 Å². The van der Waals surface area contributed by atoms with E-state index in [0.717, 1.165) is 0 Å². The zero-order chi connectivity index (χ0) is 13.7. The average Bonchev–Trinajstić information content (AvgIpc) is 2.36. The number of methoxy groups -OCH3 is 2.